The standard InChI is InChI=1S/C17H31N3/c1-4-6-8-11-15-16(12-7-5-2)19(3)17(18-15)20-13-9-10-14-20/h4-14H2,1-3H3. The second-order valence-electron chi connectivity index (χ2n) is 6.12. The summed E-state index contributed by atoms with van der Waals surface area (Å²) in [5.74, 6) is 1.22. The summed E-state index contributed by atoms with van der Waals surface area (Å²) in [6.07, 6.45) is 11.4. The molecule has 2 heterocycles. The Hall–Kier alpha value is -0.990. The number of aromatic nitrogens is 2. The summed E-state index contributed by atoms with van der Waals surface area (Å²) >= 11 is 0. The van der Waals surface area contributed by atoms with Crippen LogP contribution in [0, 0.1) is 0 Å². The van der Waals surface area contributed by atoms with Crippen LogP contribution < -0.4 is 4.90 Å². The highest BCUT2D eigenvalue weighted by atomic mass is 15.3. The molecule has 1 fully saturated rings. The van der Waals surface area contributed by atoms with E-state index < -0.39 is 0 Å². The zero-order valence-electron chi connectivity index (χ0n) is 13.6. The van der Waals surface area contributed by atoms with Gasteiger partial charge >= 0.3 is 0 Å². The molecule has 1 aliphatic heterocycles. The Morgan fingerprint density at radius 3 is 2.30 bits per heavy atom. The second-order valence-corrected chi connectivity index (χ2v) is 6.12. The number of imidazole rings is 1. The normalized spacial score (nSPS) is 15.2. The quantitative estimate of drug-likeness (QED) is 0.667. The average Bonchev–Trinajstić information content (AvgIpc) is 3.06. The van der Waals surface area contributed by atoms with Crippen LogP contribution in [-0.2, 0) is 19.9 Å². The average molecular weight is 277 g/mol. The van der Waals surface area contributed by atoms with Crippen molar-refractivity contribution in [3.05, 3.63) is 11.4 Å². The Morgan fingerprint density at radius 2 is 1.65 bits per heavy atom. The summed E-state index contributed by atoms with van der Waals surface area (Å²) in [4.78, 5) is 7.48. The summed E-state index contributed by atoms with van der Waals surface area (Å²) in [5, 5.41) is 0. The molecule has 1 saturated heterocycles. The van der Waals surface area contributed by atoms with Crippen molar-refractivity contribution in [3.8, 4) is 0 Å². The van der Waals surface area contributed by atoms with Gasteiger partial charge in [0.25, 0.3) is 0 Å². The van der Waals surface area contributed by atoms with Crippen molar-refractivity contribution in [1.29, 1.82) is 0 Å². The van der Waals surface area contributed by atoms with E-state index in [1.54, 1.807) is 0 Å². The van der Waals surface area contributed by atoms with Gasteiger partial charge in [-0.25, -0.2) is 4.98 Å². The van der Waals surface area contributed by atoms with Crippen LogP contribution in [0.2, 0.25) is 0 Å². The van der Waals surface area contributed by atoms with Gasteiger partial charge in [0.05, 0.1) is 5.69 Å². The number of anilines is 1. The molecule has 3 heteroatoms. The minimum Gasteiger partial charge on any atom is -0.342 e. The van der Waals surface area contributed by atoms with Crippen LogP contribution in [0.25, 0.3) is 0 Å². The van der Waals surface area contributed by atoms with Gasteiger partial charge in [-0.05, 0) is 38.5 Å². The number of hydrogen-bond acceptors (Lipinski definition) is 2. The smallest absolute Gasteiger partial charge is 0.205 e. The fourth-order valence-electron chi connectivity index (χ4n) is 3.17. The minimum atomic E-state index is 1.16. The molecule has 0 amide bonds. The number of aryl methyl sites for hydroxylation is 1. The lowest BCUT2D eigenvalue weighted by atomic mass is 10.1. The minimum absolute atomic E-state index is 1.16. The molecule has 2 rings (SSSR count). The molecule has 1 aromatic heterocycles. The monoisotopic (exact) mass is 277 g/mol. The predicted octanol–water partition coefficient (Wildman–Crippen LogP) is 4.10. The van der Waals surface area contributed by atoms with Gasteiger partial charge in [0, 0.05) is 25.8 Å². The van der Waals surface area contributed by atoms with Crippen LogP contribution in [0.5, 0.6) is 0 Å². The molecule has 1 aromatic rings. The highest BCUT2D eigenvalue weighted by Gasteiger charge is 2.21. The molecule has 0 atom stereocenters. The third-order valence-corrected chi connectivity index (χ3v) is 4.45. The molecule has 0 aliphatic carbocycles. The number of rotatable bonds is 8. The third kappa shape index (κ3) is 3.56. The summed E-state index contributed by atoms with van der Waals surface area (Å²) in [5.41, 5.74) is 2.86. The van der Waals surface area contributed by atoms with Crippen molar-refractivity contribution in [3.63, 3.8) is 0 Å². The highest BCUT2D eigenvalue weighted by molar-refractivity contribution is 5.38. The molecule has 0 bridgehead atoms. The topological polar surface area (TPSA) is 21.1 Å². The molecule has 114 valence electrons. The Bertz CT molecular complexity index is 403. The van der Waals surface area contributed by atoms with E-state index in [-0.39, 0.29) is 0 Å². The predicted molar refractivity (Wildman–Crippen MR) is 86.5 cm³/mol. The van der Waals surface area contributed by atoms with E-state index in [1.807, 2.05) is 0 Å². The Morgan fingerprint density at radius 1 is 0.950 bits per heavy atom. The van der Waals surface area contributed by atoms with E-state index in [0.29, 0.717) is 0 Å². The van der Waals surface area contributed by atoms with Gasteiger partial charge in [-0.2, -0.15) is 0 Å². The summed E-state index contributed by atoms with van der Waals surface area (Å²) in [6, 6.07) is 0. The van der Waals surface area contributed by atoms with Crippen LogP contribution in [0.4, 0.5) is 5.95 Å². The van der Waals surface area contributed by atoms with Gasteiger partial charge in [-0.3, -0.25) is 0 Å². The number of nitrogens with zero attached hydrogens (tertiary/aromatic N) is 3. The van der Waals surface area contributed by atoms with Crippen molar-refractivity contribution < 1.29 is 0 Å². The van der Waals surface area contributed by atoms with Gasteiger partial charge in [-0.1, -0.05) is 33.1 Å². The third-order valence-electron chi connectivity index (χ3n) is 4.45. The van der Waals surface area contributed by atoms with Crippen LogP contribution in [0.1, 0.15) is 70.2 Å². The molecule has 0 aromatic carbocycles. The van der Waals surface area contributed by atoms with Crippen molar-refractivity contribution >= 4 is 5.95 Å². The number of unbranched alkanes of at least 4 members (excludes halogenated alkanes) is 3. The summed E-state index contributed by atoms with van der Waals surface area (Å²) in [7, 11) is 2.22. The van der Waals surface area contributed by atoms with E-state index >= 15 is 0 Å². The largest absolute Gasteiger partial charge is 0.342 e. The zero-order chi connectivity index (χ0) is 14.4. The summed E-state index contributed by atoms with van der Waals surface area (Å²) in [6.45, 7) is 6.92. The molecule has 0 radical (unpaired) electrons. The molecule has 1 aliphatic rings. The highest BCUT2D eigenvalue weighted by Crippen LogP contribution is 2.24. The van der Waals surface area contributed by atoms with Gasteiger partial charge in [0.15, 0.2) is 0 Å². The molecule has 20 heavy (non-hydrogen) atoms. The van der Waals surface area contributed by atoms with Crippen molar-refractivity contribution in [2.24, 2.45) is 7.05 Å². The van der Waals surface area contributed by atoms with Crippen LogP contribution in [0.3, 0.4) is 0 Å². The molecule has 0 unspecified atom stereocenters. The Labute approximate surface area is 124 Å². The van der Waals surface area contributed by atoms with Gasteiger partial charge in [-0.15, -0.1) is 0 Å². The maximum Gasteiger partial charge on any atom is 0.205 e. The molecule has 0 saturated carbocycles. The molecular weight excluding hydrogens is 246 g/mol. The van der Waals surface area contributed by atoms with E-state index in [9.17, 15) is 0 Å². The fraction of sp³-hybridized carbons (Fsp3) is 0.824. The first kappa shape index (κ1) is 15.4. The van der Waals surface area contributed by atoms with E-state index in [2.05, 4.69) is 30.4 Å². The molecule has 0 spiro atoms. The Kier molecular flexibility index (Phi) is 5.93. The molecular formula is C17H31N3. The van der Waals surface area contributed by atoms with Gasteiger partial charge < -0.3 is 9.47 Å². The molecule has 0 N–H and O–H groups in total. The van der Waals surface area contributed by atoms with Crippen LogP contribution >= 0.6 is 0 Å². The second kappa shape index (κ2) is 7.70. The van der Waals surface area contributed by atoms with Crippen molar-refractivity contribution in [2.45, 2.75) is 71.6 Å². The zero-order valence-corrected chi connectivity index (χ0v) is 13.6. The fourth-order valence-corrected chi connectivity index (χ4v) is 3.17. The van der Waals surface area contributed by atoms with Gasteiger partial charge in [0.1, 0.15) is 0 Å². The Balaban J connectivity index is 2.15. The van der Waals surface area contributed by atoms with Crippen molar-refractivity contribution in [1.82, 2.24) is 9.55 Å². The lowest BCUT2D eigenvalue weighted by Gasteiger charge is -2.16. The van der Waals surface area contributed by atoms with E-state index in [1.165, 1.54) is 81.8 Å². The summed E-state index contributed by atoms with van der Waals surface area (Å²) < 4.78 is 2.38. The van der Waals surface area contributed by atoms with E-state index in [4.69, 9.17) is 4.98 Å². The van der Waals surface area contributed by atoms with Gasteiger partial charge in [0.2, 0.25) is 5.95 Å². The van der Waals surface area contributed by atoms with E-state index in [0.717, 1.165) is 6.42 Å². The lowest BCUT2D eigenvalue weighted by molar-refractivity contribution is 0.685. The maximum absolute atomic E-state index is 5.01. The van der Waals surface area contributed by atoms with Crippen molar-refractivity contribution in [2.75, 3.05) is 18.0 Å². The first-order valence-corrected chi connectivity index (χ1v) is 8.57. The van der Waals surface area contributed by atoms with Crippen LogP contribution in [0.15, 0.2) is 0 Å². The molecule has 3 nitrogen and oxygen atoms in total. The lowest BCUT2D eigenvalue weighted by Crippen LogP contribution is -2.21. The maximum atomic E-state index is 5.01. The first-order chi connectivity index (χ1) is 9.77. The SMILES string of the molecule is CCCCCc1nc(N2CCCC2)n(C)c1CCCC. The first-order valence-electron chi connectivity index (χ1n) is 8.57. The number of hydrogen-bond donors (Lipinski definition) is 0. The van der Waals surface area contributed by atoms with Crippen LogP contribution in [-0.4, -0.2) is 22.6 Å².